The van der Waals surface area contributed by atoms with Crippen molar-refractivity contribution < 1.29 is 0 Å². The van der Waals surface area contributed by atoms with Crippen LogP contribution in [0.5, 0.6) is 0 Å². The molecule has 136 valence electrons. The molecule has 0 unspecified atom stereocenters. The predicted molar refractivity (Wildman–Crippen MR) is 98.7 cm³/mol. The number of imidazole rings is 1. The lowest BCUT2D eigenvalue weighted by Crippen LogP contribution is -2.37. The van der Waals surface area contributed by atoms with E-state index >= 15 is 0 Å². The van der Waals surface area contributed by atoms with E-state index in [1.165, 1.54) is 5.69 Å². The maximum atomic E-state index is 12.3. The Kier molecular flexibility index (Phi) is 5.68. The molecule has 0 amide bonds. The monoisotopic (exact) mass is 343 g/mol. The molecule has 1 aliphatic heterocycles. The number of hydrogen-bond donors (Lipinski definition) is 0. The molecule has 2 aromatic rings. The molecule has 1 aliphatic rings. The van der Waals surface area contributed by atoms with Crippen LogP contribution in [-0.2, 0) is 20.0 Å². The molecule has 6 heteroatoms. The number of aryl methyl sites for hydroxylation is 1. The van der Waals surface area contributed by atoms with Crippen LogP contribution in [0.25, 0.3) is 0 Å². The SMILES string of the molecule is CC(C)c1cc(=O)n(CC2CCN(CCc3cncn3C)CC2)cn1. The molecule has 3 rings (SSSR count). The maximum absolute atomic E-state index is 12.3. The summed E-state index contributed by atoms with van der Waals surface area (Å²) in [5.41, 5.74) is 2.24. The van der Waals surface area contributed by atoms with E-state index < -0.39 is 0 Å². The Morgan fingerprint density at radius 2 is 2.00 bits per heavy atom. The first kappa shape index (κ1) is 17.9. The van der Waals surface area contributed by atoms with Gasteiger partial charge in [-0.25, -0.2) is 9.97 Å². The van der Waals surface area contributed by atoms with Gasteiger partial charge >= 0.3 is 0 Å². The van der Waals surface area contributed by atoms with Crippen molar-refractivity contribution >= 4 is 0 Å². The Bertz CT molecular complexity index is 740. The number of rotatable bonds is 6. The minimum absolute atomic E-state index is 0.0809. The van der Waals surface area contributed by atoms with Gasteiger partial charge in [0.25, 0.3) is 5.56 Å². The third kappa shape index (κ3) is 4.57. The van der Waals surface area contributed by atoms with Crippen LogP contribution in [0.3, 0.4) is 0 Å². The minimum Gasteiger partial charge on any atom is -0.338 e. The van der Waals surface area contributed by atoms with Gasteiger partial charge < -0.3 is 9.47 Å². The smallest absolute Gasteiger partial charge is 0.253 e. The predicted octanol–water partition coefficient (Wildman–Crippen LogP) is 2.05. The lowest BCUT2D eigenvalue weighted by Gasteiger charge is -2.32. The zero-order valence-corrected chi connectivity index (χ0v) is 15.6. The van der Waals surface area contributed by atoms with Crippen LogP contribution >= 0.6 is 0 Å². The Morgan fingerprint density at radius 3 is 2.60 bits per heavy atom. The summed E-state index contributed by atoms with van der Waals surface area (Å²) < 4.78 is 3.87. The van der Waals surface area contributed by atoms with Crippen LogP contribution in [0.1, 0.15) is 44.0 Å². The van der Waals surface area contributed by atoms with Crippen LogP contribution in [0, 0.1) is 5.92 Å². The van der Waals surface area contributed by atoms with E-state index in [2.05, 4.69) is 33.3 Å². The van der Waals surface area contributed by atoms with Crippen molar-refractivity contribution in [2.75, 3.05) is 19.6 Å². The number of aromatic nitrogens is 4. The van der Waals surface area contributed by atoms with E-state index in [4.69, 9.17) is 0 Å². The van der Waals surface area contributed by atoms with Crippen molar-refractivity contribution in [2.45, 2.75) is 45.6 Å². The second-order valence-corrected chi connectivity index (χ2v) is 7.49. The minimum atomic E-state index is 0.0809. The second-order valence-electron chi connectivity index (χ2n) is 7.49. The van der Waals surface area contributed by atoms with Gasteiger partial charge in [-0.05, 0) is 37.8 Å². The first-order valence-corrected chi connectivity index (χ1v) is 9.27. The van der Waals surface area contributed by atoms with E-state index in [-0.39, 0.29) is 5.56 Å². The maximum Gasteiger partial charge on any atom is 0.253 e. The van der Waals surface area contributed by atoms with Gasteiger partial charge in [0.2, 0.25) is 0 Å². The molecule has 1 fully saturated rings. The number of hydrogen-bond acceptors (Lipinski definition) is 4. The van der Waals surface area contributed by atoms with E-state index in [9.17, 15) is 4.79 Å². The third-order valence-corrected chi connectivity index (χ3v) is 5.25. The molecule has 0 spiro atoms. The van der Waals surface area contributed by atoms with Crippen molar-refractivity contribution in [1.82, 2.24) is 24.0 Å². The zero-order valence-electron chi connectivity index (χ0n) is 15.6. The van der Waals surface area contributed by atoms with Crippen molar-refractivity contribution in [3.05, 3.63) is 46.7 Å². The fourth-order valence-electron chi connectivity index (χ4n) is 3.46. The highest BCUT2D eigenvalue weighted by atomic mass is 16.1. The van der Waals surface area contributed by atoms with E-state index in [1.54, 1.807) is 17.0 Å². The molecule has 6 nitrogen and oxygen atoms in total. The highest BCUT2D eigenvalue weighted by Crippen LogP contribution is 2.19. The van der Waals surface area contributed by atoms with Crippen LogP contribution in [-0.4, -0.2) is 43.6 Å². The average molecular weight is 343 g/mol. The third-order valence-electron chi connectivity index (χ3n) is 5.25. The zero-order chi connectivity index (χ0) is 17.8. The fourth-order valence-corrected chi connectivity index (χ4v) is 3.46. The molecular weight excluding hydrogens is 314 g/mol. The summed E-state index contributed by atoms with van der Waals surface area (Å²) in [4.78, 5) is 23.4. The van der Waals surface area contributed by atoms with Crippen LogP contribution in [0.15, 0.2) is 29.7 Å². The van der Waals surface area contributed by atoms with Gasteiger partial charge in [0.1, 0.15) is 0 Å². The Labute approximate surface area is 149 Å². The number of nitrogens with zero attached hydrogens (tertiary/aromatic N) is 5. The van der Waals surface area contributed by atoms with Crippen molar-refractivity contribution in [3.63, 3.8) is 0 Å². The molecule has 2 aromatic heterocycles. The summed E-state index contributed by atoms with van der Waals surface area (Å²) in [7, 11) is 2.05. The Hall–Kier alpha value is -1.95. The van der Waals surface area contributed by atoms with E-state index in [1.807, 2.05) is 19.6 Å². The lowest BCUT2D eigenvalue weighted by molar-refractivity contribution is 0.173. The van der Waals surface area contributed by atoms with Gasteiger partial charge in [-0.3, -0.25) is 9.36 Å². The topological polar surface area (TPSA) is 56.0 Å². The molecule has 0 saturated carbocycles. The molecule has 0 bridgehead atoms. The summed E-state index contributed by atoms with van der Waals surface area (Å²) >= 11 is 0. The van der Waals surface area contributed by atoms with Crippen molar-refractivity contribution in [2.24, 2.45) is 13.0 Å². The molecular formula is C19H29N5O. The summed E-state index contributed by atoms with van der Waals surface area (Å²) in [6.07, 6.45) is 8.87. The molecule has 0 radical (unpaired) electrons. The molecule has 25 heavy (non-hydrogen) atoms. The molecule has 0 atom stereocenters. The summed E-state index contributed by atoms with van der Waals surface area (Å²) in [6.45, 7) is 8.21. The lowest BCUT2D eigenvalue weighted by atomic mass is 9.96. The van der Waals surface area contributed by atoms with Crippen LogP contribution in [0.4, 0.5) is 0 Å². The number of piperidine rings is 1. The van der Waals surface area contributed by atoms with E-state index in [0.717, 1.165) is 51.1 Å². The van der Waals surface area contributed by atoms with Gasteiger partial charge in [0, 0.05) is 44.5 Å². The number of likely N-dealkylation sites (tertiary alicyclic amines) is 1. The normalized spacial score (nSPS) is 16.6. The van der Waals surface area contributed by atoms with E-state index in [0.29, 0.717) is 11.8 Å². The average Bonchev–Trinajstić information content (AvgIpc) is 3.01. The van der Waals surface area contributed by atoms with Gasteiger partial charge in [-0.2, -0.15) is 0 Å². The quantitative estimate of drug-likeness (QED) is 0.806. The first-order chi connectivity index (χ1) is 12.0. The molecule has 3 heterocycles. The molecule has 0 aromatic carbocycles. The van der Waals surface area contributed by atoms with Gasteiger partial charge in [-0.15, -0.1) is 0 Å². The Balaban J connectivity index is 1.48. The fraction of sp³-hybridized carbons (Fsp3) is 0.632. The standard InChI is InChI=1S/C19H29N5O/c1-15(2)18-10-19(25)24(14-21-18)12-16-4-7-23(8-5-16)9-6-17-11-20-13-22(17)3/h10-11,13-16H,4-9,12H2,1-3H3. The molecule has 0 aliphatic carbocycles. The Morgan fingerprint density at radius 1 is 1.24 bits per heavy atom. The highest BCUT2D eigenvalue weighted by molar-refractivity contribution is 5.04. The second kappa shape index (κ2) is 7.95. The van der Waals surface area contributed by atoms with Crippen LogP contribution in [0.2, 0.25) is 0 Å². The summed E-state index contributed by atoms with van der Waals surface area (Å²) in [5, 5.41) is 0. The first-order valence-electron chi connectivity index (χ1n) is 9.27. The highest BCUT2D eigenvalue weighted by Gasteiger charge is 2.20. The van der Waals surface area contributed by atoms with Gasteiger partial charge in [0.15, 0.2) is 0 Å². The van der Waals surface area contributed by atoms with Gasteiger partial charge in [0.05, 0.1) is 18.3 Å². The summed E-state index contributed by atoms with van der Waals surface area (Å²) in [6, 6.07) is 1.69. The van der Waals surface area contributed by atoms with Crippen molar-refractivity contribution in [3.8, 4) is 0 Å². The molecule has 1 saturated heterocycles. The van der Waals surface area contributed by atoms with Crippen LogP contribution < -0.4 is 5.56 Å². The largest absolute Gasteiger partial charge is 0.338 e. The summed E-state index contributed by atoms with van der Waals surface area (Å²) in [5.74, 6) is 0.863. The molecule has 0 N–H and O–H groups in total. The van der Waals surface area contributed by atoms with Gasteiger partial charge in [-0.1, -0.05) is 13.8 Å². The van der Waals surface area contributed by atoms with Crippen molar-refractivity contribution in [1.29, 1.82) is 0 Å².